The van der Waals surface area contributed by atoms with Crippen LogP contribution in [0.5, 0.6) is 5.75 Å². The summed E-state index contributed by atoms with van der Waals surface area (Å²) in [6.07, 6.45) is 2.36. The van der Waals surface area contributed by atoms with E-state index in [1.54, 1.807) is 12.1 Å². The molecule has 1 unspecified atom stereocenters. The van der Waals surface area contributed by atoms with Crippen molar-refractivity contribution in [1.82, 2.24) is 0 Å². The third-order valence-electron chi connectivity index (χ3n) is 4.19. The van der Waals surface area contributed by atoms with E-state index >= 15 is 0 Å². The number of ether oxygens (including phenoxy) is 2. The van der Waals surface area contributed by atoms with Crippen LogP contribution in [0.1, 0.15) is 23.1 Å². The lowest BCUT2D eigenvalue weighted by Crippen LogP contribution is -2.25. The summed E-state index contributed by atoms with van der Waals surface area (Å²) in [4.78, 5) is 10.6. The molecule has 1 aliphatic carbocycles. The monoisotopic (exact) mass is 380 g/mol. The Morgan fingerprint density at radius 3 is 2.72 bits per heavy atom. The highest BCUT2D eigenvalue weighted by Gasteiger charge is 2.20. The van der Waals surface area contributed by atoms with E-state index in [-0.39, 0.29) is 12.7 Å². The van der Waals surface area contributed by atoms with Crippen LogP contribution < -0.4 is 4.74 Å². The molecular weight excluding hydrogens is 363 g/mol. The molecule has 25 heavy (non-hydrogen) atoms. The average molecular weight is 381 g/mol. The second-order valence-corrected chi connectivity index (χ2v) is 6.85. The van der Waals surface area contributed by atoms with Gasteiger partial charge in [-0.15, -0.1) is 0 Å². The Morgan fingerprint density at radius 1 is 1.12 bits per heavy atom. The van der Waals surface area contributed by atoms with Crippen molar-refractivity contribution in [3.63, 3.8) is 0 Å². The number of fused-ring (bicyclic) bond motifs is 1. The summed E-state index contributed by atoms with van der Waals surface area (Å²) in [5.41, 5.74) is 3.36. The number of carboxylic acids is 1. The number of halogens is 2. The number of carboxylic acid groups (broad SMARTS) is 1. The predicted octanol–water partition coefficient (Wildman–Crippen LogP) is 4.53. The fourth-order valence-corrected chi connectivity index (χ4v) is 3.24. The van der Waals surface area contributed by atoms with Gasteiger partial charge in [0.1, 0.15) is 19.0 Å². The van der Waals surface area contributed by atoms with E-state index in [0.29, 0.717) is 16.7 Å². The van der Waals surface area contributed by atoms with Crippen LogP contribution in [0.25, 0.3) is 0 Å². The van der Waals surface area contributed by atoms with Crippen LogP contribution in [-0.4, -0.2) is 23.8 Å². The van der Waals surface area contributed by atoms with Crippen LogP contribution in [0.15, 0.2) is 36.4 Å². The highest BCUT2D eigenvalue weighted by Crippen LogP contribution is 2.28. The zero-order chi connectivity index (χ0) is 17.8. The van der Waals surface area contributed by atoms with Gasteiger partial charge >= 0.3 is 5.97 Å². The molecule has 0 heterocycles. The van der Waals surface area contributed by atoms with Gasteiger partial charge in [-0.3, -0.25) is 0 Å². The highest BCUT2D eigenvalue weighted by atomic mass is 35.5. The molecule has 2 aromatic rings. The van der Waals surface area contributed by atoms with Gasteiger partial charge in [-0.05, 0) is 60.2 Å². The molecule has 0 radical (unpaired) electrons. The maximum Gasteiger partial charge on any atom is 0.329 e. The molecule has 4 nitrogen and oxygen atoms in total. The minimum absolute atomic E-state index is 0.0356. The van der Waals surface area contributed by atoms with E-state index in [9.17, 15) is 4.79 Å². The van der Waals surface area contributed by atoms with Gasteiger partial charge in [0.2, 0.25) is 0 Å². The van der Waals surface area contributed by atoms with Gasteiger partial charge in [-0.25, -0.2) is 4.79 Å². The van der Waals surface area contributed by atoms with Crippen molar-refractivity contribution in [3.8, 4) is 5.75 Å². The van der Waals surface area contributed by atoms with Crippen molar-refractivity contribution in [2.45, 2.75) is 32.0 Å². The topological polar surface area (TPSA) is 55.8 Å². The first-order valence-corrected chi connectivity index (χ1v) is 8.79. The van der Waals surface area contributed by atoms with Crippen LogP contribution in [0.3, 0.4) is 0 Å². The third-order valence-corrected chi connectivity index (χ3v) is 4.93. The molecule has 0 amide bonds. The summed E-state index contributed by atoms with van der Waals surface area (Å²) < 4.78 is 11.3. The summed E-state index contributed by atoms with van der Waals surface area (Å²) in [6, 6.07) is 11.4. The Labute approximate surface area is 156 Å². The molecule has 1 N–H and O–H groups in total. The molecule has 0 saturated carbocycles. The molecule has 3 rings (SSSR count). The highest BCUT2D eigenvalue weighted by molar-refractivity contribution is 6.42. The van der Waals surface area contributed by atoms with Crippen LogP contribution in [-0.2, 0) is 29.0 Å². The van der Waals surface area contributed by atoms with Crippen molar-refractivity contribution in [1.29, 1.82) is 0 Å². The van der Waals surface area contributed by atoms with Gasteiger partial charge < -0.3 is 14.6 Å². The zero-order valence-electron chi connectivity index (χ0n) is 13.5. The Kier molecular flexibility index (Phi) is 5.84. The molecule has 1 aliphatic rings. The first-order valence-electron chi connectivity index (χ1n) is 8.03. The smallest absolute Gasteiger partial charge is 0.329 e. The van der Waals surface area contributed by atoms with Crippen LogP contribution in [0.4, 0.5) is 0 Å². The average Bonchev–Trinajstić information content (AvgIpc) is 2.60. The minimum atomic E-state index is -0.933. The fraction of sp³-hybridized carbons (Fsp3) is 0.316. The molecule has 1 atom stereocenters. The van der Waals surface area contributed by atoms with E-state index in [1.165, 1.54) is 11.1 Å². The summed E-state index contributed by atoms with van der Waals surface area (Å²) in [5, 5.41) is 9.75. The standard InChI is InChI=1S/C19H18Cl2O4/c20-17-6-1-12(7-18(17)21)10-24-15-4-2-14-9-16(25-11-19(22)23)5-3-13(14)8-15/h1-2,4,6-8,16H,3,5,9-11H2,(H,22,23). The van der Waals surface area contributed by atoms with Crippen LogP contribution in [0, 0.1) is 0 Å². The maximum absolute atomic E-state index is 10.6. The van der Waals surface area contributed by atoms with Gasteiger partial charge in [0.05, 0.1) is 16.1 Å². The Morgan fingerprint density at radius 2 is 1.96 bits per heavy atom. The largest absolute Gasteiger partial charge is 0.489 e. The summed E-state index contributed by atoms with van der Waals surface area (Å²) in [7, 11) is 0. The molecule has 0 aromatic heterocycles. The molecular formula is C19H18Cl2O4. The summed E-state index contributed by atoms with van der Waals surface area (Å²) in [6.45, 7) is 0.171. The predicted molar refractivity (Wildman–Crippen MR) is 96.6 cm³/mol. The molecule has 0 spiro atoms. The van der Waals surface area contributed by atoms with Gasteiger partial charge in [0, 0.05) is 0 Å². The van der Waals surface area contributed by atoms with Crippen molar-refractivity contribution in [2.24, 2.45) is 0 Å². The van der Waals surface area contributed by atoms with Crippen LogP contribution in [0.2, 0.25) is 10.0 Å². The number of carbonyl (C=O) groups is 1. The van der Waals surface area contributed by atoms with E-state index in [2.05, 4.69) is 0 Å². The number of benzene rings is 2. The molecule has 132 valence electrons. The van der Waals surface area contributed by atoms with E-state index in [1.807, 2.05) is 24.3 Å². The Hall–Kier alpha value is -1.75. The van der Waals surface area contributed by atoms with Crippen molar-refractivity contribution < 1.29 is 19.4 Å². The van der Waals surface area contributed by atoms with E-state index in [0.717, 1.165) is 30.6 Å². The Balaban J connectivity index is 1.60. The number of rotatable bonds is 6. The van der Waals surface area contributed by atoms with Crippen molar-refractivity contribution >= 4 is 29.2 Å². The molecule has 6 heteroatoms. The van der Waals surface area contributed by atoms with Crippen molar-refractivity contribution in [2.75, 3.05) is 6.61 Å². The van der Waals surface area contributed by atoms with Crippen molar-refractivity contribution in [3.05, 3.63) is 63.1 Å². The number of hydrogen-bond acceptors (Lipinski definition) is 3. The SMILES string of the molecule is O=C(O)COC1CCc2cc(OCc3ccc(Cl)c(Cl)c3)ccc2C1. The molecule has 0 aliphatic heterocycles. The normalized spacial score (nSPS) is 16.3. The lowest BCUT2D eigenvalue weighted by molar-refractivity contribution is -0.144. The maximum atomic E-state index is 10.6. The summed E-state index contributed by atoms with van der Waals surface area (Å²) >= 11 is 11.9. The number of aliphatic carboxylic acids is 1. The van der Waals surface area contributed by atoms with Crippen LogP contribution >= 0.6 is 23.2 Å². The third kappa shape index (κ3) is 4.88. The number of aryl methyl sites for hydroxylation is 1. The van der Waals surface area contributed by atoms with Gasteiger partial charge in [0.15, 0.2) is 0 Å². The molecule has 0 fully saturated rings. The van der Waals surface area contributed by atoms with Gasteiger partial charge in [0.25, 0.3) is 0 Å². The zero-order valence-corrected chi connectivity index (χ0v) is 15.0. The second kappa shape index (κ2) is 8.09. The molecule has 0 bridgehead atoms. The first kappa shape index (κ1) is 18.1. The second-order valence-electron chi connectivity index (χ2n) is 6.04. The van der Waals surface area contributed by atoms with Gasteiger partial charge in [-0.2, -0.15) is 0 Å². The van der Waals surface area contributed by atoms with E-state index < -0.39 is 5.97 Å². The number of hydrogen-bond donors (Lipinski definition) is 1. The molecule has 2 aromatic carbocycles. The van der Waals surface area contributed by atoms with E-state index in [4.69, 9.17) is 37.8 Å². The lowest BCUT2D eigenvalue weighted by atomic mass is 9.89. The minimum Gasteiger partial charge on any atom is -0.489 e. The lowest BCUT2D eigenvalue weighted by Gasteiger charge is -2.24. The Bertz CT molecular complexity index is 776. The fourth-order valence-electron chi connectivity index (χ4n) is 2.92. The van der Waals surface area contributed by atoms with Gasteiger partial charge in [-0.1, -0.05) is 35.3 Å². The molecule has 0 saturated heterocycles. The summed E-state index contributed by atoms with van der Waals surface area (Å²) in [5.74, 6) is -0.133. The first-order chi connectivity index (χ1) is 12.0. The quantitative estimate of drug-likeness (QED) is 0.799.